The van der Waals surface area contributed by atoms with Crippen LogP contribution >= 0.6 is 0 Å². The van der Waals surface area contributed by atoms with Crippen molar-refractivity contribution in [3.63, 3.8) is 0 Å². The van der Waals surface area contributed by atoms with E-state index >= 15 is 0 Å². The maximum absolute atomic E-state index is 11.5. The van der Waals surface area contributed by atoms with Gasteiger partial charge in [-0.05, 0) is 25.1 Å². The smallest absolute Gasteiger partial charge is 0.338 e. The Bertz CT molecular complexity index is 595. The van der Waals surface area contributed by atoms with Crippen LogP contribution in [0.5, 0.6) is 0 Å². The van der Waals surface area contributed by atoms with E-state index in [4.69, 9.17) is 0 Å². The van der Waals surface area contributed by atoms with Gasteiger partial charge >= 0.3 is 5.97 Å². The van der Waals surface area contributed by atoms with Crippen LogP contribution in [0.2, 0.25) is 0 Å². The third kappa shape index (κ3) is 8.71. The van der Waals surface area contributed by atoms with Gasteiger partial charge in [-0.1, -0.05) is 5.57 Å². The number of rotatable bonds is 7. The number of carbonyl (C=O) groups is 2. The molecule has 124 valence electrons. The number of nitroso groups, excluding NO2 is 1. The Kier molecular flexibility index (Phi) is 9.17. The van der Waals surface area contributed by atoms with Gasteiger partial charge in [-0.3, -0.25) is 14.9 Å². The molecular formula is C14H16N2O7. The lowest BCUT2D eigenvalue weighted by atomic mass is 10.2. The van der Waals surface area contributed by atoms with Crippen LogP contribution in [0.25, 0.3) is 0 Å². The predicted molar refractivity (Wildman–Crippen MR) is 81.3 cm³/mol. The summed E-state index contributed by atoms with van der Waals surface area (Å²) in [5, 5.41) is 13.1. The zero-order chi connectivity index (χ0) is 17.8. The molecule has 0 aromatic heterocycles. The van der Waals surface area contributed by atoms with Gasteiger partial charge in [0.2, 0.25) is 0 Å². The predicted octanol–water partition coefficient (Wildman–Crippen LogP) is 2.90. The van der Waals surface area contributed by atoms with Crippen LogP contribution in [-0.4, -0.2) is 30.6 Å². The summed E-state index contributed by atoms with van der Waals surface area (Å²) in [6, 6.07) is 2.94. The van der Waals surface area contributed by atoms with Crippen molar-refractivity contribution in [2.24, 2.45) is 5.18 Å². The molecule has 23 heavy (non-hydrogen) atoms. The molecule has 0 saturated heterocycles. The van der Waals surface area contributed by atoms with E-state index in [1.165, 1.54) is 5.57 Å². The number of esters is 1. The molecule has 9 nitrogen and oxygen atoms in total. The van der Waals surface area contributed by atoms with Crippen LogP contribution in [0, 0.1) is 15.0 Å². The molecule has 0 aliphatic carbocycles. The van der Waals surface area contributed by atoms with E-state index in [-0.39, 0.29) is 30.9 Å². The standard InChI is InChI=1S/C10H8N2O7.C4H8/c13-6-18-1-2-19-10(14)7-3-8(11-15)5-9(4-7)12(16)17;1-4(2)3/h3-6H,1-2H2;1H2,2-3H3. The number of carbonyl (C=O) groups excluding carboxylic acids is 2. The van der Waals surface area contributed by atoms with E-state index in [0.717, 1.165) is 18.2 Å². The Balaban J connectivity index is 0.00000108. The Morgan fingerprint density at radius 3 is 2.43 bits per heavy atom. The Labute approximate surface area is 132 Å². The van der Waals surface area contributed by atoms with E-state index in [1.807, 2.05) is 13.8 Å². The maximum atomic E-state index is 11.5. The molecule has 1 aromatic carbocycles. The molecule has 0 fully saturated rings. The van der Waals surface area contributed by atoms with Gasteiger partial charge in [0.1, 0.15) is 18.9 Å². The van der Waals surface area contributed by atoms with Crippen molar-refractivity contribution in [3.05, 3.63) is 50.9 Å². The Morgan fingerprint density at radius 2 is 1.96 bits per heavy atom. The van der Waals surface area contributed by atoms with Crippen molar-refractivity contribution in [2.75, 3.05) is 13.2 Å². The lowest BCUT2D eigenvalue weighted by Gasteiger charge is -2.04. The molecule has 0 heterocycles. The third-order valence-electron chi connectivity index (χ3n) is 1.96. The molecule has 0 unspecified atom stereocenters. The van der Waals surface area contributed by atoms with Gasteiger partial charge in [0, 0.05) is 12.1 Å². The molecule has 0 saturated carbocycles. The highest BCUT2D eigenvalue weighted by Crippen LogP contribution is 2.23. The fourth-order valence-corrected chi connectivity index (χ4v) is 1.19. The quantitative estimate of drug-likeness (QED) is 0.143. The summed E-state index contributed by atoms with van der Waals surface area (Å²) < 4.78 is 8.97. The molecule has 0 aliphatic heterocycles. The van der Waals surface area contributed by atoms with Gasteiger partial charge in [-0.25, -0.2) is 4.79 Å². The number of nitrogens with zero attached hydrogens (tertiary/aromatic N) is 2. The molecule has 1 rings (SSSR count). The zero-order valence-corrected chi connectivity index (χ0v) is 12.7. The first-order chi connectivity index (χ1) is 10.8. The van der Waals surface area contributed by atoms with Gasteiger partial charge in [0.25, 0.3) is 12.2 Å². The van der Waals surface area contributed by atoms with Gasteiger partial charge < -0.3 is 9.47 Å². The highest BCUT2D eigenvalue weighted by atomic mass is 16.6. The molecule has 0 bridgehead atoms. The zero-order valence-electron chi connectivity index (χ0n) is 12.7. The van der Waals surface area contributed by atoms with E-state index in [0.29, 0.717) is 0 Å². The first-order valence-electron chi connectivity index (χ1n) is 6.29. The van der Waals surface area contributed by atoms with Crippen molar-refractivity contribution in [1.82, 2.24) is 0 Å². The molecule has 0 atom stereocenters. The second kappa shape index (κ2) is 10.6. The summed E-state index contributed by atoms with van der Waals surface area (Å²) in [4.78, 5) is 41.6. The number of non-ortho nitro benzene ring substituents is 1. The minimum atomic E-state index is -0.886. The van der Waals surface area contributed by atoms with Crippen LogP contribution in [-0.2, 0) is 14.3 Å². The molecule has 0 spiro atoms. The Morgan fingerprint density at radius 1 is 1.35 bits per heavy atom. The fourth-order valence-electron chi connectivity index (χ4n) is 1.19. The maximum Gasteiger partial charge on any atom is 0.338 e. The number of allylic oxidation sites excluding steroid dienone is 1. The largest absolute Gasteiger partial charge is 0.464 e. The highest BCUT2D eigenvalue weighted by Gasteiger charge is 2.16. The molecule has 1 aromatic rings. The molecule has 0 amide bonds. The fraction of sp³-hybridized carbons (Fsp3) is 0.286. The monoisotopic (exact) mass is 324 g/mol. The number of benzene rings is 1. The van der Waals surface area contributed by atoms with E-state index in [9.17, 15) is 24.6 Å². The number of nitro benzene ring substituents is 1. The second-order valence-corrected chi connectivity index (χ2v) is 4.40. The molecule has 0 radical (unpaired) electrons. The lowest BCUT2D eigenvalue weighted by molar-refractivity contribution is -0.384. The van der Waals surface area contributed by atoms with Crippen molar-refractivity contribution in [3.8, 4) is 0 Å². The van der Waals surface area contributed by atoms with Crippen LogP contribution < -0.4 is 0 Å². The summed E-state index contributed by atoms with van der Waals surface area (Å²) in [5.74, 6) is -0.886. The molecule has 0 aliphatic rings. The van der Waals surface area contributed by atoms with E-state index in [1.54, 1.807) is 0 Å². The number of hydrogen-bond acceptors (Lipinski definition) is 8. The second-order valence-electron chi connectivity index (χ2n) is 4.40. The van der Waals surface area contributed by atoms with Crippen molar-refractivity contribution in [2.45, 2.75) is 13.8 Å². The van der Waals surface area contributed by atoms with Crippen LogP contribution in [0.1, 0.15) is 24.2 Å². The SMILES string of the molecule is C=C(C)C.O=COCCOC(=O)c1cc(N=O)cc([N+](=O)[O-])c1. The van der Waals surface area contributed by atoms with Crippen molar-refractivity contribution >= 4 is 23.8 Å². The minimum absolute atomic E-state index is 0.136. The van der Waals surface area contributed by atoms with Crippen LogP contribution in [0.4, 0.5) is 11.4 Å². The summed E-state index contributed by atoms with van der Waals surface area (Å²) in [6.07, 6.45) is 0. The van der Waals surface area contributed by atoms with Gasteiger partial charge in [-0.2, -0.15) is 0 Å². The number of nitro groups is 1. The molecular weight excluding hydrogens is 308 g/mol. The van der Waals surface area contributed by atoms with Crippen molar-refractivity contribution in [1.29, 1.82) is 0 Å². The summed E-state index contributed by atoms with van der Waals surface area (Å²) >= 11 is 0. The van der Waals surface area contributed by atoms with Crippen LogP contribution in [0.3, 0.4) is 0 Å². The van der Waals surface area contributed by atoms with Gasteiger partial charge in [-0.15, -0.1) is 11.5 Å². The van der Waals surface area contributed by atoms with Gasteiger partial charge in [0.15, 0.2) is 0 Å². The number of ether oxygens (including phenoxy) is 2. The van der Waals surface area contributed by atoms with E-state index in [2.05, 4.69) is 21.2 Å². The number of hydrogen-bond donors (Lipinski definition) is 0. The van der Waals surface area contributed by atoms with Crippen molar-refractivity contribution < 1.29 is 24.0 Å². The van der Waals surface area contributed by atoms with Gasteiger partial charge in [0.05, 0.1) is 10.5 Å². The first kappa shape index (κ1) is 19.9. The Hall–Kier alpha value is -3.10. The average Bonchev–Trinajstić information content (AvgIpc) is 2.50. The summed E-state index contributed by atoms with van der Waals surface area (Å²) in [7, 11) is 0. The summed E-state index contributed by atoms with van der Waals surface area (Å²) in [5.41, 5.74) is 0.272. The van der Waals surface area contributed by atoms with Crippen LogP contribution in [0.15, 0.2) is 35.5 Å². The molecule has 9 heteroatoms. The third-order valence-corrected chi connectivity index (χ3v) is 1.96. The highest BCUT2D eigenvalue weighted by molar-refractivity contribution is 5.91. The molecule has 0 N–H and O–H groups in total. The minimum Gasteiger partial charge on any atom is -0.464 e. The summed E-state index contributed by atoms with van der Waals surface area (Å²) in [6.45, 7) is 7.35. The first-order valence-corrected chi connectivity index (χ1v) is 6.29. The topological polar surface area (TPSA) is 125 Å². The van der Waals surface area contributed by atoms with E-state index < -0.39 is 16.6 Å². The lowest BCUT2D eigenvalue weighted by Crippen LogP contribution is -2.10. The average molecular weight is 324 g/mol. The normalized spacial score (nSPS) is 8.96.